The Kier molecular flexibility index (Phi) is 5.73. The van der Waals surface area contributed by atoms with Crippen molar-refractivity contribution < 1.29 is 4.74 Å². The molecule has 0 saturated carbocycles. The molecule has 0 heterocycles. The quantitative estimate of drug-likeness (QED) is 0.711. The Bertz CT molecular complexity index is 333. The summed E-state index contributed by atoms with van der Waals surface area (Å²) in [5.74, 6) is 0.892. The first kappa shape index (κ1) is 13.7. The molecule has 0 saturated heterocycles. The van der Waals surface area contributed by atoms with Crippen LogP contribution in [-0.4, -0.2) is 19.2 Å². The van der Waals surface area contributed by atoms with Gasteiger partial charge in [-0.25, -0.2) is 0 Å². The van der Waals surface area contributed by atoms with Gasteiger partial charge < -0.3 is 15.8 Å². The average molecular weight is 234 g/mol. The molecule has 0 bridgehead atoms. The third-order valence-corrected chi connectivity index (χ3v) is 2.40. The third kappa shape index (κ3) is 4.59. The van der Waals surface area contributed by atoms with E-state index in [4.69, 9.17) is 10.5 Å². The molecule has 3 N–H and O–H groups in total. The highest BCUT2D eigenvalue weighted by Gasteiger charge is 2.08. The van der Waals surface area contributed by atoms with Crippen LogP contribution >= 0.6 is 0 Å². The zero-order valence-corrected chi connectivity index (χ0v) is 10.6. The number of ether oxygens (including phenoxy) is 1. The van der Waals surface area contributed by atoms with E-state index in [0.29, 0.717) is 6.54 Å². The van der Waals surface area contributed by atoms with Gasteiger partial charge in [-0.15, -0.1) is 6.58 Å². The lowest BCUT2D eigenvalue weighted by Crippen LogP contribution is -2.28. The molecule has 0 aliphatic rings. The van der Waals surface area contributed by atoms with E-state index in [0.717, 1.165) is 12.3 Å². The average Bonchev–Trinajstić information content (AvgIpc) is 2.31. The zero-order chi connectivity index (χ0) is 12.7. The molecule has 0 aromatic heterocycles. The smallest absolute Gasteiger partial charge is 0.119 e. The van der Waals surface area contributed by atoms with E-state index in [1.165, 1.54) is 5.56 Å². The molecule has 3 heteroatoms. The summed E-state index contributed by atoms with van der Waals surface area (Å²) in [6.45, 7) is 9.04. The Morgan fingerprint density at radius 2 is 2.00 bits per heavy atom. The number of nitrogens with two attached hydrogens (primary N) is 1. The van der Waals surface area contributed by atoms with Crippen molar-refractivity contribution in [1.29, 1.82) is 0 Å². The fourth-order valence-electron chi connectivity index (χ4n) is 1.61. The highest BCUT2D eigenvalue weighted by atomic mass is 16.5. The molecule has 0 spiro atoms. The van der Waals surface area contributed by atoms with Crippen LogP contribution in [0, 0.1) is 0 Å². The van der Waals surface area contributed by atoms with Crippen molar-refractivity contribution in [2.45, 2.75) is 26.0 Å². The molecule has 1 aromatic carbocycles. The Labute approximate surface area is 104 Å². The molecule has 1 rings (SSSR count). The molecule has 1 aromatic rings. The first-order chi connectivity index (χ1) is 8.17. The fraction of sp³-hybridized carbons (Fsp3) is 0.429. The maximum atomic E-state index is 5.74. The van der Waals surface area contributed by atoms with Crippen molar-refractivity contribution >= 4 is 0 Å². The van der Waals surface area contributed by atoms with Crippen molar-refractivity contribution in [3.8, 4) is 5.75 Å². The van der Waals surface area contributed by atoms with Crippen LogP contribution < -0.4 is 15.8 Å². The monoisotopic (exact) mass is 234 g/mol. The lowest BCUT2D eigenvalue weighted by Gasteiger charge is -2.17. The fourth-order valence-corrected chi connectivity index (χ4v) is 1.61. The SMILES string of the molecule is C=CCNC(CN)c1ccc(OC(C)C)cc1. The minimum Gasteiger partial charge on any atom is -0.491 e. The summed E-state index contributed by atoms with van der Waals surface area (Å²) in [6.07, 6.45) is 2.03. The summed E-state index contributed by atoms with van der Waals surface area (Å²) in [5, 5.41) is 3.31. The van der Waals surface area contributed by atoms with Gasteiger partial charge in [0.2, 0.25) is 0 Å². The van der Waals surface area contributed by atoms with Crippen LogP contribution in [0.4, 0.5) is 0 Å². The molecule has 0 amide bonds. The summed E-state index contributed by atoms with van der Waals surface area (Å²) in [7, 11) is 0. The van der Waals surface area contributed by atoms with Gasteiger partial charge in [-0.2, -0.15) is 0 Å². The number of benzene rings is 1. The normalized spacial score (nSPS) is 12.5. The topological polar surface area (TPSA) is 47.3 Å². The van der Waals surface area contributed by atoms with Crippen molar-refractivity contribution in [1.82, 2.24) is 5.32 Å². The first-order valence-corrected chi connectivity index (χ1v) is 5.98. The molecule has 0 aliphatic carbocycles. The van der Waals surface area contributed by atoms with Crippen molar-refractivity contribution in [2.24, 2.45) is 5.73 Å². The maximum absolute atomic E-state index is 5.74. The number of hydrogen-bond donors (Lipinski definition) is 2. The van der Waals surface area contributed by atoms with Crippen LogP contribution in [0.3, 0.4) is 0 Å². The highest BCUT2D eigenvalue weighted by molar-refractivity contribution is 5.29. The third-order valence-electron chi connectivity index (χ3n) is 2.40. The van der Waals surface area contributed by atoms with Crippen LogP contribution in [0.15, 0.2) is 36.9 Å². The van der Waals surface area contributed by atoms with E-state index in [9.17, 15) is 0 Å². The van der Waals surface area contributed by atoms with Gasteiger partial charge in [0.15, 0.2) is 0 Å². The summed E-state index contributed by atoms with van der Waals surface area (Å²) >= 11 is 0. The summed E-state index contributed by atoms with van der Waals surface area (Å²) in [5.41, 5.74) is 6.91. The van der Waals surface area contributed by atoms with Gasteiger partial charge in [0.25, 0.3) is 0 Å². The number of hydrogen-bond acceptors (Lipinski definition) is 3. The largest absolute Gasteiger partial charge is 0.491 e. The molecule has 17 heavy (non-hydrogen) atoms. The van der Waals surface area contributed by atoms with Crippen molar-refractivity contribution in [3.63, 3.8) is 0 Å². The first-order valence-electron chi connectivity index (χ1n) is 5.98. The van der Waals surface area contributed by atoms with Crippen molar-refractivity contribution in [3.05, 3.63) is 42.5 Å². The van der Waals surface area contributed by atoms with Crippen molar-refractivity contribution in [2.75, 3.05) is 13.1 Å². The van der Waals surface area contributed by atoms with Gasteiger partial charge in [-0.1, -0.05) is 18.2 Å². The van der Waals surface area contributed by atoms with Gasteiger partial charge in [0, 0.05) is 19.1 Å². The lowest BCUT2D eigenvalue weighted by molar-refractivity contribution is 0.242. The van der Waals surface area contributed by atoms with Crippen LogP contribution in [-0.2, 0) is 0 Å². The minimum atomic E-state index is 0.168. The lowest BCUT2D eigenvalue weighted by atomic mass is 10.1. The van der Waals surface area contributed by atoms with Crippen LogP contribution in [0.5, 0.6) is 5.75 Å². The molecule has 1 atom stereocenters. The molecule has 0 fully saturated rings. The predicted octanol–water partition coefficient (Wildman–Crippen LogP) is 2.25. The van der Waals surface area contributed by atoms with Crippen LogP contribution in [0.1, 0.15) is 25.5 Å². The summed E-state index contributed by atoms with van der Waals surface area (Å²) in [4.78, 5) is 0. The second kappa shape index (κ2) is 7.09. The standard InChI is InChI=1S/C14H22N2O/c1-4-9-16-14(10-15)12-5-7-13(8-6-12)17-11(2)3/h4-8,11,14,16H,1,9-10,15H2,2-3H3. The van der Waals surface area contributed by atoms with E-state index in [1.807, 2.05) is 44.2 Å². The second-order valence-electron chi connectivity index (χ2n) is 4.22. The molecule has 1 unspecified atom stereocenters. The van der Waals surface area contributed by atoms with Gasteiger partial charge >= 0.3 is 0 Å². The Balaban J connectivity index is 2.67. The van der Waals surface area contributed by atoms with Gasteiger partial charge in [-0.05, 0) is 31.5 Å². The minimum absolute atomic E-state index is 0.168. The van der Waals surface area contributed by atoms with E-state index in [-0.39, 0.29) is 12.1 Å². The maximum Gasteiger partial charge on any atom is 0.119 e. The highest BCUT2D eigenvalue weighted by Crippen LogP contribution is 2.18. The molecular formula is C14H22N2O. The van der Waals surface area contributed by atoms with Crippen LogP contribution in [0.2, 0.25) is 0 Å². The second-order valence-corrected chi connectivity index (χ2v) is 4.22. The van der Waals surface area contributed by atoms with E-state index >= 15 is 0 Å². The molecule has 0 aliphatic heterocycles. The molecule has 0 radical (unpaired) electrons. The Hall–Kier alpha value is -1.32. The van der Waals surface area contributed by atoms with Gasteiger partial charge in [0.05, 0.1) is 6.10 Å². The van der Waals surface area contributed by atoms with Gasteiger partial charge in [-0.3, -0.25) is 0 Å². The van der Waals surface area contributed by atoms with E-state index < -0.39 is 0 Å². The summed E-state index contributed by atoms with van der Waals surface area (Å²) in [6, 6.07) is 8.22. The Morgan fingerprint density at radius 3 is 2.47 bits per heavy atom. The van der Waals surface area contributed by atoms with E-state index in [2.05, 4.69) is 11.9 Å². The molecular weight excluding hydrogens is 212 g/mol. The van der Waals surface area contributed by atoms with Gasteiger partial charge in [0.1, 0.15) is 5.75 Å². The molecule has 3 nitrogen and oxygen atoms in total. The Morgan fingerprint density at radius 1 is 1.35 bits per heavy atom. The van der Waals surface area contributed by atoms with Crippen LogP contribution in [0.25, 0.3) is 0 Å². The number of nitrogens with one attached hydrogen (secondary N) is 1. The summed E-state index contributed by atoms with van der Waals surface area (Å²) < 4.78 is 5.60. The zero-order valence-electron chi connectivity index (χ0n) is 10.6. The predicted molar refractivity (Wildman–Crippen MR) is 72.2 cm³/mol. The molecule has 94 valence electrons. The van der Waals surface area contributed by atoms with E-state index in [1.54, 1.807) is 0 Å². The number of rotatable bonds is 7.